The van der Waals surface area contributed by atoms with E-state index >= 15 is 0 Å². The van der Waals surface area contributed by atoms with Gasteiger partial charge < -0.3 is 15.2 Å². The fourth-order valence-electron chi connectivity index (χ4n) is 2.66. The van der Waals surface area contributed by atoms with Crippen LogP contribution in [0.3, 0.4) is 0 Å². The van der Waals surface area contributed by atoms with Crippen LogP contribution in [0.15, 0.2) is 6.07 Å². The molecule has 18 heavy (non-hydrogen) atoms. The maximum atomic E-state index is 5.91. The van der Waals surface area contributed by atoms with E-state index in [1.807, 2.05) is 0 Å². The molecule has 0 atom stereocenters. The zero-order valence-electron chi connectivity index (χ0n) is 11.8. The lowest BCUT2D eigenvalue weighted by Gasteiger charge is -2.41. The van der Waals surface area contributed by atoms with Gasteiger partial charge in [0.05, 0.1) is 20.3 Å². The second-order valence-electron chi connectivity index (χ2n) is 5.52. The number of methoxy groups -OCH3 is 1. The van der Waals surface area contributed by atoms with Crippen LogP contribution in [0.5, 0.6) is 5.75 Å². The van der Waals surface area contributed by atoms with Gasteiger partial charge in [0, 0.05) is 12.0 Å². The summed E-state index contributed by atoms with van der Waals surface area (Å²) in [6, 6.07) is 2.23. The molecule has 0 radical (unpaired) electrons. The molecule has 1 heterocycles. The van der Waals surface area contributed by atoms with E-state index < -0.39 is 0 Å². The van der Waals surface area contributed by atoms with Crippen molar-refractivity contribution >= 4 is 0 Å². The molecule has 0 unspecified atom stereocenters. The van der Waals surface area contributed by atoms with E-state index in [2.05, 4.69) is 26.8 Å². The van der Waals surface area contributed by atoms with Gasteiger partial charge in [0.1, 0.15) is 5.75 Å². The van der Waals surface area contributed by atoms with Crippen LogP contribution in [0.2, 0.25) is 0 Å². The number of benzene rings is 1. The molecule has 2 rings (SSSR count). The van der Waals surface area contributed by atoms with E-state index in [9.17, 15) is 0 Å². The van der Waals surface area contributed by atoms with Crippen LogP contribution in [-0.4, -0.2) is 26.9 Å². The summed E-state index contributed by atoms with van der Waals surface area (Å²) >= 11 is 0. The molecular formula is C15H23NO2. The number of aryl methyl sites for hydroxylation is 2. The minimum absolute atomic E-state index is 0.111. The summed E-state index contributed by atoms with van der Waals surface area (Å²) in [5.41, 5.74) is 11.1. The lowest BCUT2D eigenvalue weighted by Crippen LogP contribution is -2.50. The molecule has 0 aromatic heterocycles. The van der Waals surface area contributed by atoms with Gasteiger partial charge >= 0.3 is 0 Å². The predicted molar refractivity (Wildman–Crippen MR) is 73.2 cm³/mol. The van der Waals surface area contributed by atoms with Gasteiger partial charge in [0.25, 0.3) is 0 Å². The summed E-state index contributed by atoms with van der Waals surface area (Å²) in [6.45, 7) is 8.58. The number of nitrogens with two attached hydrogens (primary N) is 1. The van der Waals surface area contributed by atoms with Crippen molar-refractivity contribution in [3.8, 4) is 5.75 Å². The molecule has 1 aromatic carbocycles. The standard InChI is InChI=1S/C15H23NO2/c1-10-5-11(2)13(14(17-4)12(10)3)6-15(7-16)8-18-9-15/h5H,6-9,16H2,1-4H3. The normalized spacial score (nSPS) is 17.4. The van der Waals surface area contributed by atoms with E-state index in [1.54, 1.807) is 7.11 Å². The third-order valence-corrected chi connectivity index (χ3v) is 4.12. The second kappa shape index (κ2) is 4.90. The zero-order chi connectivity index (χ0) is 13.3. The SMILES string of the molecule is COc1c(C)c(C)cc(C)c1CC1(CN)COC1. The van der Waals surface area contributed by atoms with Gasteiger partial charge in [0.15, 0.2) is 0 Å². The first-order valence-corrected chi connectivity index (χ1v) is 6.44. The molecule has 1 aliphatic heterocycles. The van der Waals surface area contributed by atoms with Crippen LogP contribution in [0, 0.1) is 26.2 Å². The summed E-state index contributed by atoms with van der Waals surface area (Å²) in [5.74, 6) is 1.02. The first kappa shape index (κ1) is 13.4. The fraction of sp³-hybridized carbons (Fsp3) is 0.600. The molecule has 0 amide bonds. The molecule has 0 saturated carbocycles. The largest absolute Gasteiger partial charge is 0.496 e. The molecule has 1 saturated heterocycles. The molecule has 0 aliphatic carbocycles. The molecule has 3 nitrogen and oxygen atoms in total. The Labute approximate surface area is 109 Å². The first-order chi connectivity index (χ1) is 8.53. The van der Waals surface area contributed by atoms with Crippen molar-refractivity contribution in [2.75, 3.05) is 26.9 Å². The molecule has 3 heteroatoms. The van der Waals surface area contributed by atoms with Gasteiger partial charge in [-0.2, -0.15) is 0 Å². The summed E-state index contributed by atoms with van der Waals surface area (Å²) in [7, 11) is 1.75. The Morgan fingerprint density at radius 1 is 1.28 bits per heavy atom. The van der Waals surface area contributed by atoms with E-state index in [4.69, 9.17) is 15.2 Å². The van der Waals surface area contributed by atoms with Gasteiger partial charge in [-0.1, -0.05) is 6.07 Å². The second-order valence-corrected chi connectivity index (χ2v) is 5.52. The Balaban J connectivity index is 2.40. The third-order valence-electron chi connectivity index (χ3n) is 4.12. The molecular weight excluding hydrogens is 226 g/mol. The number of hydrogen-bond acceptors (Lipinski definition) is 3. The average Bonchev–Trinajstić information content (AvgIpc) is 2.30. The van der Waals surface area contributed by atoms with Crippen LogP contribution < -0.4 is 10.5 Å². The predicted octanol–water partition coefficient (Wildman–Crippen LogP) is 2.14. The fourth-order valence-corrected chi connectivity index (χ4v) is 2.66. The Bertz CT molecular complexity index is 445. The molecule has 1 aromatic rings. The Morgan fingerprint density at radius 3 is 2.39 bits per heavy atom. The van der Waals surface area contributed by atoms with Gasteiger partial charge in [-0.3, -0.25) is 0 Å². The van der Waals surface area contributed by atoms with Gasteiger partial charge in [-0.05, 0) is 49.4 Å². The van der Waals surface area contributed by atoms with Crippen LogP contribution in [-0.2, 0) is 11.2 Å². The maximum Gasteiger partial charge on any atom is 0.125 e. The summed E-state index contributed by atoms with van der Waals surface area (Å²) in [6.07, 6.45) is 0.944. The summed E-state index contributed by atoms with van der Waals surface area (Å²) in [5, 5.41) is 0. The van der Waals surface area contributed by atoms with Gasteiger partial charge in [0.2, 0.25) is 0 Å². The zero-order valence-corrected chi connectivity index (χ0v) is 11.8. The lowest BCUT2D eigenvalue weighted by molar-refractivity contribution is -0.106. The van der Waals surface area contributed by atoms with Crippen molar-refractivity contribution in [3.05, 3.63) is 28.3 Å². The molecule has 2 N–H and O–H groups in total. The summed E-state index contributed by atoms with van der Waals surface area (Å²) < 4.78 is 11.0. The smallest absolute Gasteiger partial charge is 0.125 e. The first-order valence-electron chi connectivity index (χ1n) is 6.44. The number of hydrogen-bond donors (Lipinski definition) is 1. The van der Waals surface area contributed by atoms with Crippen molar-refractivity contribution < 1.29 is 9.47 Å². The molecule has 100 valence electrons. The summed E-state index contributed by atoms with van der Waals surface area (Å²) in [4.78, 5) is 0. The average molecular weight is 249 g/mol. The van der Waals surface area contributed by atoms with Crippen molar-refractivity contribution in [3.63, 3.8) is 0 Å². The molecule has 0 spiro atoms. The topological polar surface area (TPSA) is 44.5 Å². The van der Waals surface area contributed by atoms with E-state index in [0.717, 1.165) is 25.4 Å². The monoisotopic (exact) mass is 249 g/mol. The Morgan fingerprint density at radius 2 is 1.94 bits per heavy atom. The highest BCUT2D eigenvalue weighted by molar-refractivity contribution is 5.50. The molecule has 1 fully saturated rings. The Kier molecular flexibility index (Phi) is 3.64. The van der Waals surface area contributed by atoms with E-state index in [-0.39, 0.29) is 5.41 Å². The van der Waals surface area contributed by atoms with Crippen LogP contribution in [0.25, 0.3) is 0 Å². The number of rotatable bonds is 4. The highest BCUT2D eigenvalue weighted by atomic mass is 16.5. The van der Waals surface area contributed by atoms with Gasteiger partial charge in [-0.15, -0.1) is 0 Å². The minimum atomic E-state index is 0.111. The van der Waals surface area contributed by atoms with Crippen molar-refractivity contribution in [2.45, 2.75) is 27.2 Å². The van der Waals surface area contributed by atoms with E-state index in [0.29, 0.717) is 6.54 Å². The lowest BCUT2D eigenvalue weighted by atomic mass is 9.78. The highest BCUT2D eigenvalue weighted by Crippen LogP contribution is 2.37. The minimum Gasteiger partial charge on any atom is -0.496 e. The van der Waals surface area contributed by atoms with Crippen molar-refractivity contribution in [2.24, 2.45) is 11.1 Å². The Hall–Kier alpha value is -1.06. The van der Waals surface area contributed by atoms with Crippen LogP contribution >= 0.6 is 0 Å². The van der Waals surface area contributed by atoms with Crippen LogP contribution in [0.1, 0.15) is 22.3 Å². The number of ether oxygens (including phenoxy) is 2. The quantitative estimate of drug-likeness (QED) is 0.889. The third kappa shape index (κ3) is 2.13. The van der Waals surface area contributed by atoms with Crippen molar-refractivity contribution in [1.29, 1.82) is 0 Å². The van der Waals surface area contributed by atoms with E-state index in [1.165, 1.54) is 22.3 Å². The highest BCUT2D eigenvalue weighted by Gasteiger charge is 2.38. The molecule has 0 bridgehead atoms. The van der Waals surface area contributed by atoms with Crippen LogP contribution in [0.4, 0.5) is 0 Å². The van der Waals surface area contributed by atoms with Gasteiger partial charge in [-0.25, -0.2) is 0 Å². The maximum absolute atomic E-state index is 5.91. The van der Waals surface area contributed by atoms with Crippen molar-refractivity contribution in [1.82, 2.24) is 0 Å². The molecule has 1 aliphatic rings.